The Kier molecular flexibility index (Phi) is 10.1. The Morgan fingerprint density at radius 2 is 1.38 bits per heavy atom. The standard InChI is InChI=1S/C15H33N/c1-6-7-8-9-10-14(4)16-15(5)12-11-13(2)3/h13-16H,6-12H2,1-5H3. The highest BCUT2D eigenvalue weighted by atomic mass is 14.9. The molecule has 0 spiro atoms. The Labute approximate surface area is 103 Å². The second-order valence-electron chi connectivity index (χ2n) is 5.79. The van der Waals surface area contributed by atoms with Crippen molar-refractivity contribution < 1.29 is 0 Å². The van der Waals surface area contributed by atoms with Gasteiger partial charge in [0, 0.05) is 12.1 Å². The van der Waals surface area contributed by atoms with Crippen LogP contribution in [0.5, 0.6) is 0 Å². The highest BCUT2D eigenvalue weighted by Gasteiger charge is 2.07. The van der Waals surface area contributed by atoms with Crippen LogP contribution in [0.25, 0.3) is 0 Å². The highest BCUT2D eigenvalue weighted by molar-refractivity contribution is 4.68. The molecule has 0 aliphatic heterocycles. The molecule has 0 saturated heterocycles. The molecule has 0 aromatic heterocycles. The molecule has 0 aliphatic carbocycles. The quantitative estimate of drug-likeness (QED) is 0.531. The summed E-state index contributed by atoms with van der Waals surface area (Å²) in [6.45, 7) is 11.5. The summed E-state index contributed by atoms with van der Waals surface area (Å²) in [7, 11) is 0. The number of hydrogen-bond acceptors (Lipinski definition) is 1. The van der Waals surface area contributed by atoms with E-state index in [1.807, 2.05) is 0 Å². The molecular formula is C15H33N. The molecule has 2 unspecified atom stereocenters. The first-order valence-electron chi connectivity index (χ1n) is 7.32. The second-order valence-corrected chi connectivity index (χ2v) is 5.79. The highest BCUT2D eigenvalue weighted by Crippen LogP contribution is 2.09. The molecule has 0 aromatic carbocycles. The lowest BCUT2D eigenvalue weighted by Crippen LogP contribution is -2.34. The molecular weight excluding hydrogens is 194 g/mol. The van der Waals surface area contributed by atoms with E-state index in [2.05, 4.69) is 39.9 Å². The van der Waals surface area contributed by atoms with E-state index in [1.165, 1.54) is 44.9 Å². The van der Waals surface area contributed by atoms with Crippen molar-refractivity contribution >= 4 is 0 Å². The van der Waals surface area contributed by atoms with Gasteiger partial charge in [-0.15, -0.1) is 0 Å². The third-order valence-electron chi connectivity index (χ3n) is 3.24. The zero-order chi connectivity index (χ0) is 12.4. The molecule has 0 heterocycles. The summed E-state index contributed by atoms with van der Waals surface area (Å²) in [5.41, 5.74) is 0. The molecule has 0 saturated carbocycles. The van der Waals surface area contributed by atoms with Gasteiger partial charge in [0.1, 0.15) is 0 Å². The van der Waals surface area contributed by atoms with Gasteiger partial charge in [-0.1, -0.05) is 46.5 Å². The summed E-state index contributed by atoms with van der Waals surface area (Å²) >= 11 is 0. The van der Waals surface area contributed by atoms with Crippen molar-refractivity contribution in [2.75, 3.05) is 0 Å². The van der Waals surface area contributed by atoms with Gasteiger partial charge in [-0.05, 0) is 39.0 Å². The van der Waals surface area contributed by atoms with Gasteiger partial charge in [-0.25, -0.2) is 0 Å². The van der Waals surface area contributed by atoms with E-state index in [0.29, 0.717) is 12.1 Å². The molecule has 0 bridgehead atoms. The van der Waals surface area contributed by atoms with Crippen molar-refractivity contribution in [2.24, 2.45) is 5.92 Å². The van der Waals surface area contributed by atoms with E-state index >= 15 is 0 Å². The van der Waals surface area contributed by atoms with E-state index < -0.39 is 0 Å². The minimum Gasteiger partial charge on any atom is -0.312 e. The van der Waals surface area contributed by atoms with Gasteiger partial charge in [0.15, 0.2) is 0 Å². The van der Waals surface area contributed by atoms with Crippen LogP contribution in [-0.2, 0) is 0 Å². The number of nitrogens with one attached hydrogen (secondary N) is 1. The van der Waals surface area contributed by atoms with Crippen molar-refractivity contribution in [3.8, 4) is 0 Å². The fourth-order valence-electron chi connectivity index (χ4n) is 2.11. The molecule has 0 aliphatic rings. The predicted octanol–water partition coefficient (Wildman–Crippen LogP) is 4.76. The van der Waals surface area contributed by atoms with E-state index in [9.17, 15) is 0 Å². The summed E-state index contributed by atoms with van der Waals surface area (Å²) in [4.78, 5) is 0. The lowest BCUT2D eigenvalue weighted by molar-refractivity contribution is 0.391. The zero-order valence-corrected chi connectivity index (χ0v) is 12.2. The van der Waals surface area contributed by atoms with E-state index in [0.717, 1.165) is 5.92 Å². The van der Waals surface area contributed by atoms with Gasteiger partial charge in [-0.3, -0.25) is 0 Å². The fourth-order valence-corrected chi connectivity index (χ4v) is 2.11. The largest absolute Gasteiger partial charge is 0.312 e. The Morgan fingerprint density at radius 3 is 1.94 bits per heavy atom. The van der Waals surface area contributed by atoms with E-state index in [-0.39, 0.29) is 0 Å². The summed E-state index contributed by atoms with van der Waals surface area (Å²) in [6, 6.07) is 1.38. The van der Waals surface area contributed by atoms with Gasteiger partial charge >= 0.3 is 0 Å². The van der Waals surface area contributed by atoms with Crippen LogP contribution in [0.15, 0.2) is 0 Å². The van der Waals surface area contributed by atoms with Gasteiger partial charge < -0.3 is 5.32 Å². The third kappa shape index (κ3) is 10.5. The molecule has 0 rings (SSSR count). The minimum atomic E-state index is 0.684. The van der Waals surface area contributed by atoms with Crippen molar-refractivity contribution in [1.82, 2.24) is 5.32 Å². The van der Waals surface area contributed by atoms with Gasteiger partial charge in [0.2, 0.25) is 0 Å². The first-order chi connectivity index (χ1) is 7.56. The fraction of sp³-hybridized carbons (Fsp3) is 1.00. The first kappa shape index (κ1) is 16.0. The average Bonchev–Trinajstić information content (AvgIpc) is 2.21. The smallest absolute Gasteiger partial charge is 0.00413 e. The molecule has 0 fully saturated rings. The third-order valence-corrected chi connectivity index (χ3v) is 3.24. The van der Waals surface area contributed by atoms with E-state index in [4.69, 9.17) is 0 Å². The van der Waals surface area contributed by atoms with Crippen LogP contribution in [0.1, 0.15) is 79.6 Å². The van der Waals surface area contributed by atoms with Crippen LogP contribution in [0, 0.1) is 5.92 Å². The van der Waals surface area contributed by atoms with Crippen LogP contribution in [0.2, 0.25) is 0 Å². The molecule has 0 aromatic rings. The Bertz CT molecular complexity index is 142. The molecule has 1 N–H and O–H groups in total. The lowest BCUT2D eigenvalue weighted by atomic mass is 10.0. The minimum absolute atomic E-state index is 0.684. The lowest BCUT2D eigenvalue weighted by Gasteiger charge is -2.20. The van der Waals surface area contributed by atoms with Crippen molar-refractivity contribution in [3.05, 3.63) is 0 Å². The van der Waals surface area contributed by atoms with Crippen molar-refractivity contribution in [3.63, 3.8) is 0 Å². The monoisotopic (exact) mass is 227 g/mol. The van der Waals surface area contributed by atoms with Gasteiger partial charge in [-0.2, -0.15) is 0 Å². The summed E-state index contributed by atoms with van der Waals surface area (Å²) < 4.78 is 0. The maximum Gasteiger partial charge on any atom is 0.00413 e. The zero-order valence-electron chi connectivity index (χ0n) is 12.2. The number of hydrogen-bond donors (Lipinski definition) is 1. The topological polar surface area (TPSA) is 12.0 Å². The maximum atomic E-state index is 3.71. The molecule has 1 nitrogen and oxygen atoms in total. The van der Waals surface area contributed by atoms with Crippen LogP contribution in [0.3, 0.4) is 0 Å². The molecule has 98 valence electrons. The Balaban J connectivity index is 3.42. The second kappa shape index (κ2) is 10.1. The van der Waals surface area contributed by atoms with Crippen LogP contribution in [0.4, 0.5) is 0 Å². The summed E-state index contributed by atoms with van der Waals surface area (Å²) in [6.07, 6.45) is 9.53. The average molecular weight is 227 g/mol. The molecule has 0 radical (unpaired) electrons. The van der Waals surface area contributed by atoms with Crippen LogP contribution >= 0.6 is 0 Å². The Morgan fingerprint density at radius 1 is 0.750 bits per heavy atom. The van der Waals surface area contributed by atoms with Gasteiger partial charge in [0.05, 0.1) is 0 Å². The van der Waals surface area contributed by atoms with Crippen LogP contribution in [-0.4, -0.2) is 12.1 Å². The summed E-state index contributed by atoms with van der Waals surface area (Å²) in [5.74, 6) is 0.837. The van der Waals surface area contributed by atoms with E-state index in [1.54, 1.807) is 0 Å². The number of rotatable bonds is 10. The molecule has 1 heteroatoms. The van der Waals surface area contributed by atoms with Crippen LogP contribution < -0.4 is 5.32 Å². The summed E-state index contributed by atoms with van der Waals surface area (Å²) in [5, 5.41) is 3.71. The van der Waals surface area contributed by atoms with Crippen molar-refractivity contribution in [2.45, 2.75) is 91.6 Å². The van der Waals surface area contributed by atoms with Crippen molar-refractivity contribution in [1.29, 1.82) is 0 Å². The van der Waals surface area contributed by atoms with Gasteiger partial charge in [0.25, 0.3) is 0 Å². The SMILES string of the molecule is CCCCCCC(C)NC(C)CCC(C)C. The Hall–Kier alpha value is -0.0400. The first-order valence-corrected chi connectivity index (χ1v) is 7.32. The normalized spacial score (nSPS) is 15.4. The maximum absolute atomic E-state index is 3.71. The molecule has 2 atom stereocenters. The predicted molar refractivity (Wildman–Crippen MR) is 74.9 cm³/mol. The molecule has 0 amide bonds. The molecule has 16 heavy (non-hydrogen) atoms. The number of unbranched alkanes of at least 4 members (excludes halogenated alkanes) is 3.